The molecule has 2 aliphatic heterocycles. The van der Waals surface area contributed by atoms with Crippen LogP contribution in [0.5, 0.6) is 0 Å². The molecule has 2 aromatic heterocycles. The molecule has 1 atom stereocenters. The Hall–Kier alpha value is -1.82. The molecule has 0 aliphatic carbocycles. The van der Waals surface area contributed by atoms with E-state index in [1.165, 1.54) is 30.0 Å². The zero-order valence-corrected chi connectivity index (χ0v) is 20.1. The Labute approximate surface area is 193 Å². The predicted octanol–water partition coefficient (Wildman–Crippen LogP) is 2.50. The van der Waals surface area contributed by atoms with E-state index in [2.05, 4.69) is 20.4 Å². The molecule has 4 heterocycles. The van der Waals surface area contributed by atoms with E-state index in [1.54, 1.807) is 18.4 Å². The van der Waals surface area contributed by atoms with Gasteiger partial charge in [0.15, 0.2) is 0 Å². The van der Waals surface area contributed by atoms with Crippen molar-refractivity contribution in [3.05, 3.63) is 17.3 Å². The minimum absolute atomic E-state index is 0.0473. The van der Waals surface area contributed by atoms with Crippen LogP contribution in [0.25, 0.3) is 11.4 Å². The third-order valence-corrected chi connectivity index (χ3v) is 9.42. The lowest BCUT2D eigenvalue weighted by atomic mass is 9.99. The van der Waals surface area contributed by atoms with Gasteiger partial charge in [0.25, 0.3) is 10.0 Å². The average Bonchev–Trinajstić information content (AvgIpc) is 3.38. The van der Waals surface area contributed by atoms with Crippen LogP contribution >= 0.6 is 11.3 Å². The molecule has 2 aromatic rings. The molecule has 0 aromatic carbocycles. The molecule has 0 radical (unpaired) electrons. The second-order valence-corrected chi connectivity index (χ2v) is 11.6. The summed E-state index contributed by atoms with van der Waals surface area (Å²) in [6.45, 7) is 5.98. The number of likely N-dealkylation sites (tertiary alicyclic amines) is 1. The zero-order valence-electron chi connectivity index (χ0n) is 18.5. The molecule has 1 amide bonds. The fourth-order valence-electron chi connectivity index (χ4n) is 4.33. The van der Waals surface area contributed by atoms with Crippen molar-refractivity contribution in [2.45, 2.75) is 49.7 Å². The minimum atomic E-state index is -3.67. The molecule has 2 aliphatic rings. The average molecular weight is 482 g/mol. The first kappa shape index (κ1) is 23.3. The molecule has 1 N–H and O–H groups in total. The van der Waals surface area contributed by atoms with Crippen molar-refractivity contribution in [2.24, 2.45) is 5.92 Å². The number of thiophene rings is 1. The van der Waals surface area contributed by atoms with Crippen molar-refractivity contribution < 1.29 is 17.7 Å². The molecule has 32 heavy (non-hydrogen) atoms. The fourth-order valence-corrected chi connectivity index (χ4v) is 7.16. The van der Waals surface area contributed by atoms with Crippen LogP contribution in [-0.4, -0.2) is 72.9 Å². The van der Waals surface area contributed by atoms with Crippen molar-refractivity contribution in [2.75, 3.05) is 39.3 Å². The summed E-state index contributed by atoms with van der Waals surface area (Å²) in [5.41, 5.74) is 0.616. The number of carbonyl (C=O) groups excluding carboxylic acids is 1. The molecule has 4 rings (SSSR count). The zero-order chi connectivity index (χ0) is 22.6. The first-order valence-electron chi connectivity index (χ1n) is 11.3. The number of carbonyl (C=O) groups is 1. The monoisotopic (exact) mass is 481 g/mol. The molecular formula is C21H31N5O4S2. The van der Waals surface area contributed by atoms with Crippen molar-refractivity contribution in [3.8, 4) is 11.4 Å². The topological polar surface area (TPSA) is 109 Å². The highest BCUT2D eigenvalue weighted by Gasteiger charge is 2.34. The van der Waals surface area contributed by atoms with Gasteiger partial charge in [-0.3, -0.25) is 4.79 Å². The van der Waals surface area contributed by atoms with E-state index in [0.717, 1.165) is 31.0 Å². The van der Waals surface area contributed by atoms with Crippen LogP contribution in [0.2, 0.25) is 0 Å². The Kier molecular flexibility index (Phi) is 7.59. The highest BCUT2D eigenvalue weighted by molar-refractivity contribution is 7.91. The van der Waals surface area contributed by atoms with E-state index in [9.17, 15) is 13.2 Å². The number of sulfonamides is 1. The molecule has 2 fully saturated rings. The van der Waals surface area contributed by atoms with Gasteiger partial charge >= 0.3 is 0 Å². The summed E-state index contributed by atoms with van der Waals surface area (Å²) in [5.74, 6) is 0.438. The van der Waals surface area contributed by atoms with Gasteiger partial charge in [-0.05, 0) is 44.8 Å². The first-order valence-corrected chi connectivity index (χ1v) is 13.6. The molecule has 2 saturated heterocycles. The number of hydrogen-bond donors (Lipinski definition) is 1. The highest BCUT2D eigenvalue weighted by atomic mass is 32.2. The second kappa shape index (κ2) is 10.4. The molecule has 176 valence electrons. The number of piperidine rings is 1. The molecule has 11 heteroatoms. The minimum Gasteiger partial charge on any atom is -0.355 e. The summed E-state index contributed by atoms with van der Waals surface area (Å²) in [5, 5.41) is 8.60. The Balaban J connectivity index is 1.33. The van der Waals surface area contributed by atoms with Gasteiger partial charge in [-0.2, -0.15) is 9.29 Å². The number of aromatic nitrogens is 2. The number of hydrogen-bond acceptors (Lipinski definition) is 8. The van der Waals surface area contributed by atoms with E-state index < -0.39 is 10.0 Å². The summed E-state index contributed by atoms with van der Waals surface area (Å²) >= 11 is 1.14. The molecule has 0 bridgehead atoms. The van der Waals surface area contributed by atoms with E-state index in [0.29, 0.717) is 43.2 Å². The Bertz CT molecular complexity index is 1010. The summed E-state index contributed by atoms with van der Waals surface area (Å²) < 4.78 is 33.0. The second-order valence-electron chi connectivity index (χ2n) is 8.54. The number of nitrogens with one attached hydrogen (secondary N) is 1. The standard InChI is InChI=1S/C21H31N5O4S2/c1-16-23-20(24-30-16)18-13-19(31-15-18)32(28,29)26-11-6-7-17(14-26)21(27)22-8-12-25-9-4-2-3-5-10-25/h13,15,17H,2-12,14H2,1H3,(H,22,27)/t17-/m0/s1. The van der Waals surface area contributed by atoms with Crippen molar-refractivity contribution in [1.82, 2.24) is 24.7 Å². The predicted molar refractivity (Wildman–Crippen MR) is 122 cm³/mol. The number of rotatable bonds is 7. The molecular weight excluding hydrogens is 450 g/mol. The fraction of sp³-hybridized carbons (Fsp3) is 0.667. The first-order chi connectivity index (χ1) is 15.4. The number of nitrogens with zero attached hydrogens (tertiary/aromatic N) is 4. The number of aryl methyl sites for hydroxylation is 1. The van der Waals surface area contributed by atoms with E-state index in [-0.39, 0.29) is 22.6 Å². The quantitative estimate of drug-likeness (QED) is 0.647. The van der Waals surface area contributed by atoms with Gasteiger partial charge in [-0.25, -0.2) is 8.42 Å². The normalized spacial score (nSPS) is 21.3. The van der Waals surface area contributed by atoms with Crippen molar-refractivity contribution in [1.29, 1.82) is 0 Å². The highest BCUT2D eigenvalue weighted by Crippen LogP contribution is 2.31. The van der Waals surface area contributed by atoms with Crippen LogP contribution < -0.4 is 5.32 Å². The van der Waals surface area contributed by atoms with Crippen LogP contribution in [0.15, 0.2) is 20.2 Å². The SMILES string of the molecule is Cc1nc(-c2csc(S(=O)(=O)N3CCC[C@H](C(=O)NCCN4CCCCCC4)C3)c2)no1. The lowest BCUT2D eigenvalue weighted by Gasteiger charge is -2.31. The van der Waals surface area contributed by atoms with Gasteiger partial charge in [0, 0.05) is 44.0 Å². The van der Waals surface area contributed by atoms with Crippen molar-refractivity contribution in [3.63, 3.8) is 0 Å². The maximum Gasteiger partial charge on any atom is 0.252 e. The van der Waals surface area contributed by atoms with Crippen LogP contribution in [-0.2, 0) is 14.8 Å². The smallest absolute Gasteiger partial charge is 0.252 e. The Morgan fingerprint density at radius 2 is 2.00 bits per heavy atom. The van der Waals surface area contributed by atoms with Crippen molar-refractivity contribution >= 4 is 27.3 Å². The van der Waals surface area contributed by atoms with Gasteiger partial charge in [0.05, 0.1) is 5.92 Å². The lowest BCUT2D eigenvalue weighted by molar-refractivity contribution is -0.126. The summed E-state index contributed by atoms with van der Waals surface area (Å²) in [4.78, 5) is 19.3. The Morgan fingerprint density at radius 1 is 1.22 bits per heavy atom. The lowest BCUT2D eigenvalue weighted by Crippen LogP contribution is -2.46. The van der Waals surface area contributed by atoms with Gasteiger partial charge in [0.2, 0.25) is 17.6 Å². The maximum atomic E-state index is 13.2. The summed E-state index contributed by atoms with van der Waals surface area (Å²) in [7, 11) is -3.67. The maximum absolute atomic E-state index is 13.2. The van der Waals surface area contributed by atoms with E-state index >= 15 is 0 Å². The third kappa shape index (κ3) is 5.56. The van der Waals surface area contributed by atoms with Gasteiger partial charge in [0.1, 0.15) is 4.21 Å². The van der Waals surface area contributed by atoms with E-state index in [1.807, 2.05) is 0 Å². The molecule has 9 nitrogen and oxygen atoms in total. The summed E-state index contributed by atoms with van der Waals surface area (Å²) in [6, 6.07) is 1.58. The van der Waals surface area contributed by atoms with Gasteiger partial charge in [-0.1, -0.05) is 18.0 Å². The Morgan fingerprint density at radius 3 is 2.72 bits per heavy atom. The molecule has 0 spiro atoms. The van der Waals surface area contributed by atoms with Crippen LogP contribution in [0.1, 0.15) is 44.4 Å². The van der Waals surface area contributed by atoms with Crippen LogP contribution in [0.4, 0.5) is 0 Å². The number of amides is 1. The molecule has 0 saturated carbocycles. The van der Waals surface area contributed by atoms with E-state index in [4.69, 9.17) is 4.52 Å². The largest absolute Gasteiger partial charge is 0.355 e. The molecule has 0 unspecified atom stereocenters. The third-order valence-electron chi connectivity index (χ3n) is 6.14. The van der Waals surface area contributed by atoms with Gasteiger partial charge < -0.3 is 14.7 Å². The van der Waals surface area contributed by atoms with Gasteiger partial charge in [-0.15, -0.1) is 11.3 Å². The van der Waals surface area contributed by atoms with Crippen LogP contribution in [0, 0.1) is 12.8 Å². The summed E-state index contributed by atoms with van der Waals surface area (Å²) in [6.07, 6.45) is 6.40. The van der Waals surface area contributed by atoms with Crippen LogP contribution in [0.3, 0.4) is 0 Å².